The lowest BCUT2D eigenvalue weighted by atomic mass is 10.0. The molecule has 0 aliphatic rings. The molecule has 0 aliphatic carbocycles. The summed E-state index contributed by atoms with van der Waals surface area (Å²) in [5, 5.41) is 0. The van der Waals surface area contributed by atoms with E-state index in [0.717, 1.165) is 0 Å². The maximum absolute atomic E-state index is 4.46. The number of pyridine rings is 1. The third-order valence-electron chi connectivity index (χ3n) is 2.80. The number of fused-ring (bicyclic) bond motifs is 1. The fourth-order valence-corrected chi connectivity index (χ4v) is 1.82. The van der Waals surface area contributed by atoms with Crippen molar-refractivity contribution in [3.05, 3.63) is 35.9 Å². The number of nitrogens with zero attached hydrogens (tertiary/aromatic N) is 2. The van der Waals surface area contributed by atoms with E-state index in [1.165, 1.54) is 16.8 Å². The van der Waals surface area contributed by atoms with Crippen LogP contribution in [0, 0.1) is 0 Å². The minimum absolute atomic E-state index is 0.486. The lowest BCUT2D eigenvalue weighted by Crippen LogP contribution is -1.93. The summed E-state index contributed by atoms with van der Waals surface area (Å²) in [6, 6.07) is 4.38. The van der Waals surface area contributed by atoms with Gasteiger partial charge in [-0.2, -0.15) is 0 Å². The molecule has 0 radical (unpaired) electrons. The van der Waals surface area contributed by atoms with Crippen LogP contribution in [0.25, 0.3) is 5.52 Å². The molecule has 0 N–H and O–H groups in total. The fourth-order valence-electron chi connectivity index (χ4n) is 1.82. The number of imidazole rings is 1. The van der Waals surface area contributed by atoms with Crippen LogP contribution in [0.3, 0.4) is 0 Å². The van der Waals surface area contributed by atoms with E-state index >= 15 is 0 Å². The van der Waals surface area contributed by atoms with E-state index in [4.69, 9.17) is 0 Å². The molecule has 0 atom stereocenters. The normalized spacial score (nSPS) is 11.9. The standard InChI is InChI=1S/C13H18N2/c1-9(2)11-5-6-12-13(10(3)4)14-8-15(12)7-11/h5-10H,1-4H3. The van der Waals surface area contributed by atoms with Crippen molar-refractivity contribution in [2.24, 2.45) is 0 Å². The minimum Gasteiger partial charge on any atom is -0.306 e. The molecule has 2 aromatic rings. The van der Waals surface area contributed by atoms with Gasteiger partial charge in [-0.05, 0) is 23.5 Å². The lowest BCUT2D eigenvalue weighted by Gasteiger charge is -2.07. The SMILES string of the molecule is CC(C)c1ccc2c(C(C)C)ncn2c1. The Morgan fingerprint density at radius 3 is 2.40 bits per heavy atom. The van der Waals surface area contributed by atoms with Gasteiger partial charge in [-0.1, -0.05) is 33.8 Å². The molecule has 2 heteroatoms. The summed E-state index contributed by atoms with van der Waals surface area (Å²) in [4.78, 5) is 4.46. The van der Waals surface area contributed by atoms with Crippen molar-refractivity contribution >= 4 is 5.52 Å². The number of hydrogen-bond donors (Lipinski definition) is 0. The Hall–Kier alpha value is -1.31. The van der Waals surface area contributed by atoms with E-state index in [-0.39, 0.29) is 0 Å². The van der Waals surface area contributed by atoms with Gasteiger partial charge in [0.2, 0.25) is 0 Å². The molecule has 0 saturated carbocycles. The number of aromatic nitrogens is 2. The molecular weight excluding hydrogens is 184 g/mol. The van der Waals surface area contributed by atoms with Crippen molar-refractivity contribution < 1.29 is 0 Å². The third kappa shape index (κ3) is 1.76. The Morgan fingerprint density at radius 1 is 1.07 bits per heavy atom. The topological polar surface area (TPSA) is 17.3 Å². The minimum atomic E-state index is 0.486. The Kier molecular flexibility index (Phi) is 2.51. The van der Waals surface area contributed by atoms with Crippen LogP contribution in [-0.2, 0) is 0 Å². The summed E-state index contributed by atoms with van der Waals surface area (Å²) < 4.78 is 2.13. The van der Waals surface area contributed by atoms with E-state index in [1.54, 1.807) is 0 Å². The van der Waals surface area contributed by atoms with Gasteiger partial charge in [0.1, 0.15) is 0 Å². The average Bonchev–Trinajstić information content (AvgIpc) is 2.59. The zero-order valence-corrected chi connectivity index (χ0v) is 9.86. The summed E-state index contributed by atoms with van der Waals surface area (Å²) in [5.74, 6) is 1.05. The first-order chi connectivity index (χ1) is 7.09. The summed E-state index contributed by atoms with van der Waals surface area (Å²) >= 11 is 0. The Labute approximate surface area is 91.0 Å². The van der Waals surface area contributed by atoms with Crippen LogP contribution in [0.2, 0.25) is 0 Å². The second kappa shape index (κ2) is 3.69. The maximum atomic E-state index is 4.46. The highest BCUT2D eigenvalue weighted by Crippen LogP contribution is 2.21. The first-order valence-electron chi connectivity index (χ1n) is 5.56. The number of rotatable bonds is 2. The lowest BCUT2D eigenvalue weighted by molar-refractivity contribution is 0.840. The molecule has 0 spiro atoms. The molecule has 15 heavy (non-hydrogen) atoms. The Morgan fingerprint density at radius 2 is 1.80 bits per heavy atom. The molecule has 2 aromatic heterocycles. The van der Waals surface area contributed by atoms with E-state index in [0.29, 0.717) is 11.8 Å². The highest BCUT2D eigenvalue weighted by Gasteiger charge is 2.08. The Bertz CT molecular complexity index is 466. The van der Waals surface area contributed by atoms with Crippen LogP contribution in [0.5, 0.6) is 0 Å². The third-order valence-corrected chi connectivity index (χ3v) is 2.80. The Balaban J connectivity index is 2.57. The van der Waals surface area contributed by atoms with Crippen molar-refractivity contribution in [1.29, 1.82) is 0 Å². The quantitative estimate of drug-likeness (QED) is 0.727. The zero-order valence-electron chi connectivity index (χ0n) is 9.86. The van der Waals surface area contributed by atoms with Crippen molar-refractivity contribution in [2.45, 2.75) is 39.5 Å². The molecule has 0 unspecified atom stereocenters. The van der Waals surface area contributed by atoms with Crippen LogP contribution >= 0.6 is 0 Å². The molecule has 2 nitrogen and oxygen atoms in total. The van der Waals surface area contributed by atoms with Crippen LogP contribution in [-0.4, -0.2) is 9.38 Å². The summed E-state index contributed by atoms with van der Waals surface area (Å²) in [6.07, 6.45) is 4.09. The fraction of sp³-hybridized carbons (Fsp3) is 0.462. The van der Waals surface area contributed by atoms with E-state index in [2.05, 4.69) is 55.4 Å². The predicted octanol–water partition coefficient (Wildman–Crippen LogP) is 3.58. The molecule has 0 amide bonds. The van der Waals surface area contributed by atoms with Crippen molar-refractivity contribution in [2.75, 3.05) is 0 Å². The highest BCUT2D eigenvalue weighted by atomic mass is 15.0. The van der Waals surface area contributed by atoms with Crippen LogP contribution in [0.4, 0.5) is 0 Å². The second-order valence-electron chi connectivity index (χ2n) is 4.69. The van der Waals surface area contributed by atoms with Crippen molar-refractivity contribution in [1.82, 2.24) is 9.38 Å². The largest absolute Gasteiger partial charge is 0.306 e. The highest BCUT2D eigenvalue weighted by molar-refractivity contribution is 5.54. The maximum Gasteiger partial charge on any atom is 0.0995 e. The van der Waals surface area contributed by atoms with E-state index in [9.17, 15) is 0 Å². The summed E-state index contributed by atoms with van der Waals surface area (Å²) in [6.45, 7) is 8.78. The predicted molar refractivity (Wildman–Crippen MR) is 63.4 cm³/mol. The van der Waals surface area contributed by atoms with Gasteiger partial charge in [-0.15, -0.1) is 0 Å². The first kappa shape index (κ1) is 10.2. The van der Waals surface area contributed by atoms with Gasteiger partial charge < -0.3 is 4.40 Å². The molecule has 0 aliphatic heterocycles. The van der Waals surface area contributed by atoms with Crippen molar-refractivity contribution in [3.8, 4) is 0 Å². The monoisotopic (exact) mass is 202 g/mol. The summed E-state index contributed by atoms with van der Waals surface area (Å²) in [5.41, 5.74) is 3.77. The van der Waals surface area contributed by atoms with Gasteiger partial charge in [-0.25, -0.2) is 4.98 Å². The van der Waals surface area contributed by atoms with E-state index < -0.39 is 0 Å². The van der Waals surface area contributed by atoms with Gasteiger partial charge >= 0.3 is 0 Å². The van der Waals surface area contributed by atoms with Crippen molar-refractivity contribution in [3.63, 3.8) is 0 Å². The van der Waals surface area contributed by atoms with Crippen LogP contribution in [0.1, 0.15) is 50.8 Å². The smallest absolute Gasteiger partial charge is 0.0995 e. The summed E-state index contributed by atoms with van der Waals surface area (Å²) in [7, 11) is 0. The molecule has 2 rings (SSSR count). The molecule has 0 aromatic carbocycles. The van der Waals surface area contributed by atoms with Crippen LogP contribution < -0.4 is 0 Å². The van der Waals surface area contributed by atoms with Gasteiger partial charge in [0.25, 0.3) is 0 Å². The second-order valence-corrected chi connectivity index (χ2v) is 4.69. The van der Waals surface area contributed by atoms with Crippen LogP contribution in [0.15, 0.2) is 24.7 Å². The van der Waals surface area contributed by atoms with Gasteiger partial charge in [0.05, 0.1) is 17.5 Å². The molecule has 0 fully saturated rings. The number of hydrogen-bond acceptors (Lipinski definition) is 1. The first-order valence-corrected chi connectivity index (χ1v) is 5.56. The molecule has 0 saturated heterocycles. The molecular formula is C13H18N2. The van der Waals surface area contributed by atoms with Gasteiger partial charge in [0, 0.05) is 6.20 Å². The van der Waals surface area contributed by atoms with Gasteiger partial charge in [0.15, 0.2) is 0 Å². The molecule has 80 valence electrons. The average molecular weight is 202 g/mol. The molecule has 2 heterocycles. The molecule has 0 bridgehead atoms. The van der Waals surface area contributed by atoms with Gasteiger partial charge in [-0.3, -0.25) is 0 Å². The zero-order chi connectivity index (χ0) is 11.0. The van der Waals surface area contributed by atoms with E-state index in [1.807, 2.05) is 6.33 Å².